The van der Waals surface area contributed by atoms with Crippen molar-refractivity contribution in [2.45, 2.75) is 39.0 Å². The van der Waals surface area contributed by atoms with Crippen LogP contribution in [0.15, 0.2) is 60.7 Å². The first-order valence-corrected chi connectivity index (χ1v) is 9.40. The van der Waals surface area contributed by atoms with Crippen LogP contribution in [0, 0.1) is 0 Å². The van der Waals surface area contributed by atoms with Crippen molar-refractivity contribution in [2.75, 3.05) is 11.5 Å². The molecule has 0 aliphatic heterocycles. The summed E-state index contributed by atoms with van der Waals surface area (Å²) in [7, 11) is 0. The van der Waals surface area contributed by atoms with E-state index in [1.165, 1.54) is 10.1 Å². The lowest BCUT2D eigenvalue weighted by Crippen LogP contribution is -2.48. The van der Waals surface area contributed by atoms with Gasteiger partial charge in [0.2, 0.25) is 0 Å². The lowest BCUT2D eigenvalue weighted by molar-refractivity contribution is 0.117. The summed E-state index contributed by atoms with van der Waals surface area (Å²) >= 11 is 1.72. The average Bonchev–Trinajstić information content (AvgIpc) is 2.97. The zero-order valence-corrected chi connectivity index (χ0v) is 15.8. The van der Waals surface area contributed by atoms with Gasteiger partial charge in [0.25, 0.3) is 0 Å². The topological polar surface area (TPSA) is 32.7 Å². The van der Waals surface area contributed by atoms with Crippen molar-refractivity contribution in [1.82, 2.24) is 0 Å². The average molecular weight is 356 g/mol. The van der Waals surface area contributed by atoms with E-state index in [1.807, 2.05) is 42.5 Å². The molecule has 3 rings (SSSR count). The van der Waals surface area contributed by atoms with Crippen LogP contribution in [0.5, 0.6) is 5.75 Å². The number of ether oxygens (including phenoxy) is 1. The molecule has 4 heteroatoms. The molecule has 1 heterocycles. The van der Waals surface area contributed by atoms with Crippen LogP contribution in [0.25, 0.3) is 10.1 Å². The molecule has 2 aromatic carbocycles. The van der Waals surface area contributed by atoms with E-state index >= 15 is 0 Å². The molecule has 0 aliphatic rings. The monoisotopic (exact) mass is 355 g/mol. The Kier molecular flexibility index (Phi) is 5.30. The predicted octanol–water partition coefficient (Wildman–Crippen LogP) is 5.29. The Bertz CT molecular complexity index is 774. The van der Waals surface area contributed by atoms with Crippen LogP contribution in [-0.2, 0) is 0 Å². The standard InChI is InChI=1S/C21H25NO2S/c1-21(2,3)22(20-15-16-9-7-8-12-18(16)25-20)19(23)13-14-24-17-10-5-4-6-11-17/h4-12,15,19,23H,13-14H2,1-3H3. The number of nitrogens with zero attached hydrogens (tertiary/aromatic N) is 1. The third kappa shape index (κ3) is 4.33. The molecule has 3 aromatic rings. The molecule has 0 amide bonds. The molecule has 0 saturated heterocycles. The maximum atomic E-state index is 10.9. The summed E-state index contributed by atoms with van der Waals surface area (Å²) in [5.74, 6) is 0.832. The summed E-state index contributed by atoms with van der Waals surface area (Å²) in [6.45, 7) is 6.85. The third-order valence-corrected chi connectivity index (χ3v) is 5.17. The van der Waals surface area contributed by atoms with Crippen molar-refractivity contribution in [3.05, 3.63) is 60.7 Å². The van der Waals surface area contributed by atoms with Crippen LogP contribution in [0.4, 0.5) is 5.00 Å². The maximum Gasteiger partial charge on any atom is 0.131 e. The highest BCUT2D eigenvalue weighted by Gasteiger charge is 2.29. The summed E-state index contributed by atoms with van der Waals surface area (Å²) in [4.78, 5) is 2.09. The molecule has 3 nitrogen and oxygen atoms in total. The number of thiophene rings is 1. The fourth-order valence-corrected chi connectivity index (χ4v) is 4.24. The molecule has 1 N–H and O–H groups in total. The van der Waals surface area contributed by atoms with E-state index in [1.54, 1.807) is 11.3 Å². The molecule has 1 aromatic heterocycles. The molecule has 0 fully saturated rings. The van der Waals surface area contributed by atoms with Gasteiger partial charge >= 0.3 is 0 Å². The number of hydrogen-bond donors (Lipinski definition) is 1. The van der Waals surface area contributed by atoms with E-state index in [-0.39, 0.29) is 5.54 Å². The van der Waals surface area contributed by atoms with E-state index in [0.717, 1.165) is 10.8 Å². The smallest absolute Gasteiger partial charge is 0.131 e. The second kappa shape index (κ2) is 7.46. The van der Waals surface area contributed by atoms with Crippen LogP contribution in [-0.4, -0.2) is 23.5 Å². The molecule has 0 saturated carbocycles. The van der Waals surface area contributed by atoms with Gasteiger partial charge in [-0.05, 0) is 50.4 Å². The number of para-hydroxylation sites is 1. The van der Waals surface area contributed by atoms with E-state index in [0.29, 0.717) is 13.0 Å². The normalized spacial score (nSPS) is 13.0. The van der Waals surface area contributed by atoms with Crippen molar-refractivity contribution in [1.29, 1.82) is 0 Å². The Morgan fingerprint density at radius 2 is 1.72 bits per heavy atom. The summed E-state index contributed by atoms with van der Waals surface area (Å²) in [6.07, 6.45) is -0.0581. The van der Waals surface area contributed by atoms with Gasteiger partial charge in [-0.1, -0.05) is 36.4 Å². The van der Waals surface area contributed by atoms with Gasteiger partial charge in [-0.2, -0.15) is 0 Å². The van der Waals surface area contributed by atoms with Gasteiger partial charge in [-0.3, -0.25) is 0 Å². The van der Waals surface area contributed by atoms with Crippen LogP contribution in [0.3, 0.4) is 0 Å². The largest absolute Gasteiger partial charge is 0.493 e. The molecule has 132 valence electrons. The first kappa shape index (κ1) is 17.8. The molecule has 0 bridgehead atoms. The van der Waals surface area contributed by atoms with Crippen molar-refractivity contribution >= 4 is 26.4 Å². The second-order valence-electron chi connectivity index (χ2n) is 7.09. The van der Waals surface area contributed by atoms with E-state index in [2.05, 4.69) is 43.9 Å². The number of hydrogen-bond acceptors (Lipinski definition) is 4. The third-order valence-electron chi connectivity index (χ3n) is 4.06. The van der Waals surface area contributed by atoms with Crippen LogP contribution in [0.1, 0.15) is 27.2 Å². The Hall–Kier alpha value is -2.04. The van der Waals surface area contributed by atoms with Crippen molar-refractivity contribution < 1.29 is 9.84 Å². The van der Waals surface area contributed by atoms with Gasteiger partial charge in [-0.15, -0.1) is 11.3 Å². The lowest BCUT2D eigenvalue weighted by Gasteiger charge is -2.40. The van der Waals surface area contributed by atoms with Gasteiger partial charge in [-0.25, -0.2) is 0 Å². The maximum absolute atomic E-state index is 10.9. The van der Waals surface area contributed by atoms with Crippen molar-refractivity contribution in [2.24, 2.45) is 0 Å². The number of aliphatic hydroxyl groups is 1. The summed E-state index contributed by atoms with van der Waals surface area (Å²) < 4.78 is 6.99. The highest BCUT2D eigenvalue weighted by Crippen LogP contribution is 2.37. The second-order valence-corrected chi connectivity index (χ2v) is 8.16. The minimum atomic E-state index is -0.600. The Morgan fingerprint density at radius 3 is 2.40 bits per heavy atom. The molecule has 0 radical (unpaired) electrons. The Labute approximate surface area is 153 Å². The first-order valence-electron chi connectivity index (χ1n) is 8.59. The summed E-state index contributed by atoms with van der Waals surface area (Å²) in [5, 5.41) is 13.2. The molecular formula is C21H25NO2S. The van der Waals surface area contributed by atoms with Crippen LogP contribution < -0.4 is 9.64 Å². The summed E-state index contributed by atoms with van der Waals surface area (Å²) in [5.41, 5.74) is -0.187. The highest BCUT2D eigenvalue weighted by molar-refractivity contribution is 7.22. The number of benzene rings is 2. The molecule has 0 spiro atoms. The van der Waals surface area contributed by atoms with E-state index in [4.69, 9.17) is 4.74 Å². The van der Waals surface area contributed by atoms with Crippen LogP contribution >= 0.6 is 11.3 Å². The fraction of sp³-hybridized carbons (Fsp3) is 0.333. The van der Waals surface area contributed by atoms with Gasteiger partial charge in [0.1, 0.15) is 12.0 Å². The Morgan fingerprint density at radius 1 is 1.04 bits per heavy atom. The van der Waals surface area contributed by atoms with Gasteiger partial charge in [0.05, 0.1) is 11.6 Å². The minimum absolute atomic E-state index is 0.187. The number of rotatable bonds is 6. The summed E-state index contributed by atoms with van der Waals surface area (Å²) in [6, 6.07) is 20.2. The van der Waals surface area contributed by atoms with Gasteiger partial charge in [0, 0.05) is 16.7 Å². The minimum Gasteiger partial charge on any atom is -0.493 e. The molecule has 0 aliphatic carbocycles. The van der Waals surface area contributed by atoms with Crippen LogP contribution in [0.2, 0.25) is 0 Å². The fourth-order valence-electron chi connectivity index (χ4n) is 2.94. The molecule has 1 unspecified atom stereocenters. The zero-order valence-electron chi connectivity index (χ0n) is 15.0. The Balaban J connectivity index is 1.73. The zero-order chi connectivity index (χ0) is 17.9. The van der Waals surface area contributed by atoms with Crippen molar-refractivity contribution in [3.8, 4) is 5.75 Å². The quantitative estimate of drug-likeness (QED) is 0.610. The van der Waals surface area contributed by atoms with Gasteiger partial charge in [0.15, 0.2) is 0 Å². The number of anilines is 1. The number of fused-ring (bicyclic) bond motifs is 1. The van der Waals surface area contributed by atoms with E-state index in [9.17, 15) is 5.11 Å². The van der Waals surface area contributed by atoms with Crippen molar-refractivity contribution in [3.63, 3.8) is 0 Å². The van der Waals surface area contributed by atoms with Gasteiger partial charge < -0.3 is 14.7 Å². The van der Waals surface area contributed by atoms with E-state index < -0.39 is 6.23 Å². The number of aliphatic hydroxyl groups excluding tert-OH is 1. The predicted molar refractivity (Wildman–Crippen MR) is 107 cm³/mol. The molecule has 25 heavy (non-hydrogen) atoms. The first-order chi connectivity index (χ1) is 11.9. The highest BCUT2D eigenvalue weighted by atomic mass is 32.1. The molecular weight excluding hydrogens is 330 g/mol. The SMILES string of the molecule is CC(C)(C)N(c1cc2ccccc2s1)C(O)CCOc1ccccc1. The molecule has 1 atom stereocenters. The lowest BCUT2D eigenvalue weighted by atomic mass is 10.1.